The van der Waals surface area contributed by atoms with Gasteiger partial charge in [-0.1, -0.05) is 0 Å². The summed E-state index contributed by atoms with van der Waals surface area (Å²) in [5.41, 5.74) is 0.557. The van der Waals surface area contributed by atoms with Crippen molar-refractivity contribution in [1.29, 1.82) is 0 Å². The van der Waals surface area contributed by atoms with Crippen LogP contribution >= 0.6 is 0 Å². The van der Waals surface area contributed by atoms with Gasteiger partial charge in [0.25, 0.3) is 0 Å². The van der Waals surface area contributed by atoms with Crippen LogP contribution in [0.25, 0.3) is 11.0 Å². The summed E-state index contributed by atoms with van der Waals surface area (Å²) in [6.45, 7) is 0.0740. The van der Waals surface area contributed by atoms with E-state index in [-0.39, 0.29) is 6.54 Å². The Bertz CT molecular complexity index is 746. The van der Waals surface area contributed by atoms with Gasteiger partial charge in [-0.05, 0) is 18.2 Å². The van der Waals surface area contributed by atoms with E-state index in [2.05, 4.69) is 5.32 Å². The molecule has 8 nitrogen and oxygen atoms in total. The third kappa shape index (κ3) is 3.21. The average Bonchev–Trinajstić information content (AvgIpc) is 2.54. The van der Waals surface area contributed by atoms with E-state index in [1.165, 1.54) is 6.07 Å². The molecule has 1 fully saturated rings. The zero-order valence-electron chi connectivity index (χ0n) is 12.0. The number of nitrogens with one attached hydrogen (secondary N) is 1. The number of benzene rings is 1. The number of fused-ring (bicyclic) bond motifs is 1. The molecule has 3 rings (SSSR count). The lowest BCUT2D eigenvalue weighted by Gasteiger charge is -2.38. The van der Waals surface area contributed by atoms with E-state index in [4.69, 9.17) is 9.15 Å². The highest BCUT2D eigenvalue weighted by Gasteiger charge is 2.42. The molecule has 1 aromatic carbocycles. The summed E-state index contributed by atoms with van der Waals surface area (Å²) < 4.78 is 10.1. The molecule has 0 amide bonds. The second kappa shape index (κ2) is 6.26. The summed E-state index contributed by atoms with van der Waals surface area (Å²) in [7, 11) is 0. The van der Waals surface area contributed by atoms with Crippen LogP contribution in [0.2, 0.25) is 0 Å². The SMILES string of the molecule is O=c1ccc2ccc(NCC3OC(O)C(O)C(O)[C@H]3O)cc2o1. The molecule has 0 spiro atoms. The Balaban J connectivity index is 1.71. The summed E-state index contributed by atoms with van der Waals surface area (Å²) in [6.07, 6.45) is -6.90. The molecule has 1 aliphatic rings. The van der Waals surface area contributed by atoms with Crippen LogP contribution in [0.4, 0.5) is 5.69 Å². The first-order valence-corrected chi connectivity index (χ1v) is 7.11. The van der Waals surface area contributed by atoms with Crippen LogP contribution < -0.4 is 10.9 Å². The van der Waals surface area contributed by atoms with Crippen molar-refractivity contribution in [3.8, 4) is 0 Å². The zero-order chi connectivity index (χ0) is 16.6. The van der Waals surface area contributed by atoms with Crippen LogP contribution in [-0.2, 0) is 4.74 Å². The molecule has 0 saturated carbocycles. The van der Waals surface area contributed by atoms with E-state index < -0.39 is 36.3 Å². The van der Waals surface area contributed by atoms with Crippen LogP contribution in [0.15, 0.2) is 39.5 Å². The fourth-order valence-electron chi connectivity index (χ4n) is 2.49. The van der Waals surface area contributed by atoms with Gasteiger partial charge in [-0.15, -0.1) is 0 Å². The fraction of sp³-hybridized carbons (Fsp3) is 0.400. The predicted octanol–water partition coefficient (Wildman–Crippen LogP) is -0.995. The molecule has 5 N–H and O–H groups in total. The number of rotatable bonds is 3. The topological polar surface area (TPSA) is 132 Å². The standard InChI is InChI=1S/C15H17NO7/c17-11-4-2-7-1-3-8(5-9(7)22-11)16-6-10-12(18)13(19)14(20)15(21)23-10/h1-5,10,12-16,18-21H,6H2/t10?,12-,13?,14?,15?/m0/s1. The molecular formula is C15H17NO7. The third-order valence-electron chi connectivity index (χ3n) is 3.82. The lowest BCUT2D eigenvalue weighted by Crippen LogP contribution is -2.59. The predicted molar refractivity (Wildman–Crippen MR) is 79.9 cm³/mol. The molecule has 0 aliphatic carbocycles. The molecule has 4 unspecified atom stereocenters. The van der Waals surface area contributed by atoms with E-state index in [1.807, 2.05) is 0 Å². The Morgan fingerprint density at radius 2 is 1.74 bits per heavy atom. The number of hydrogen-bond acceptors (Lipinski definition) is 8. The van der Waals surface area contributed by atoms with E-state index in [0.29, 0.717) is 11.3 Å². The molecule has 1 aromatic heterocycles. The minimum Gasteiger partial charge on any atom is -0.423 e. The minimum atomic E-state index is -1.57. The first-order chi connectivity index (χ1) is 11.0. The lowest BCUT2D eigenvalue weighted by atomic mass is 9.99. The molecule has 2 aromatic rings. The Morgan fingerprint density at radius 1 is 1.00 bits per heavy atom. The van der Waals surface area contributed by atoms with Gasteiger partial charge in [0.1, 0.15) is 30.0 Å². The summed E-state index contributed by atoms with van der Waals surface area (Å²) in [4.78, 5) is 11.2. The second-order valence-electron chi connectivity index (χ2n) is 5.42. The van der Waals surface area contributed by atoms with Crippen LogP contribution in [0.5, 0.6) is 0 Å². The maximum atomic E-state index is 11.2. The summed E-state index contributed by atoms with van der Waals surface area (Å²) in [6, 6.07) is 8.10. The molecule has 0 bridgehead atoms. The highest BCUT2D eigenvalue weighted by molar-refractivity contribution is 5.80. The average molecular weight is 323 g/mol. The van der Waals surface area contributed by atoms with E-state index in [9.17, 15) is 25.2 Å². The third-order valence-corrected chi connectivity index (χ3v) is 3.82. The van der Waals surface area contributed by atoms with Gasteiger partial charge in [0, 0.05) is 29.8 Å². The number of aliphatic hydroxyl groups is 4. The summed E-state index contributed by atoms with van der Waals surface area (Å²) >= 11 is 0. The maximum Gasteiger partial charge on any atom is 0.336 e. The van der Waals surface area contributed by atoms with Crippen LogP contribution in [-0.4, -0.2) is 57.7 Å². The summed E-state index contributed by atoms with van der Waals surface area (Å²) in [5.74, 6) is 0. The van der Waals surface area contributed by atoms with Crippen molar-refractivity contribution < 1.29 is 29.6 Å². The van der Waals surface area contributed by atoms with Crippen LogP contribution in [0.1, 0.15) is 0 Å². The normalized spacial score (nSPS) is 31.2. The van der Waals surface area contributed by atoms with E-state index in [0.717, 1.165) is 5.39 Å². The second-order valence-corrected chi connectivity index (χ2v) is 5.42. The Hall–Kier alpha value is -1.97. The summed E-state index contributed by atoms with van der Waals surface area (Å²) in [5, 5.41) is 42.1. The molecule has 8 heteroatoms. The van der Waals surface area contributed by atoms with Crippen molar-refractivity contribution in [2.24, 2.45) is 0 Å². The van der Waals surface area contributed by atoms with Crippen molar-refractivity contribution in [1.82, 2.24) is 0 Å². The highest BCUT2D eigenvalue weighted by Crippen LogP contribution is 2.22. The molecule has 0 radical (unpaired) electrons. The Kier molecular flexibility index (Phi) is 4.33. The van der Waals surface area contributed by atoms with Gasteiger partial charge in [-0.3, -0.25) is 0 Å². The Labute approximate surface area is 130 Å². The smallest absolute Gasteiger partial charge is 0.336 e. The minimum absolute atomic E-state index is 0.0740. The number of ether oxygens (including phenoxy) is 1. The molecule has 1 saturated heterocycles. The van der Waals surface area contributed by atoms with Gasteiger partial charge in [0.2, 0.25) is 0 Å². The van der Waals surface area contributed by atoms with Crippen molar-refractivity contribution >= 4 is 16.7 Å². The van der Waals surface area contributed by atoms with Crippen molar-refractivity contribution in [3.63, 3.8) is 0 Å². The highest BCUT2D eigenvalue weighted by atomic mass is 16.6. The fourth-order valence-corrected chi connectivity index (χ4v) is 2.49. The molecule has 1 aliphatic heterocycles. The van der Waals surface area contributed by atoms with Gasteiger partial charge < -0.3 is 34.9 Å². The molecule has 23 heavy (non-hydrogen) atoms. The molecular weight excluding hydrogens is 306 g/mol. The Morgan fingerprint density at radius 3 is 2.52 bits per heavy atom. The first-order valence-electron chi connectivity index (χ1n) is 7.11. The molecule has 124 valence electrons. The van der Waals surface area contributed by atoms with Gasteiger partial charge in [0.15, 0.2) is 6.29 Å². The number of aliphatic hydroxyl groups excluding tert-OH is 4. The van der Waals surface area contributed by atoms with Crippen LogP contribution in [0, 0.1) is 0 Å². The van der Waals surface area contributed by atoms with Gasteiger partial charge in [-0.2, -0.15) is 0 Å². The largest absolute Gasteiger partial charge is 0.423 e. The van der Waals surface area contributed by atoms with E-state index in [1.54, 1.807) is 24.3 Å². The molecule has 2 heterocycles. The van der Waals surface area contributed by atoms with Crippen LogP contribution in [0.3, 0.4) is 0 Å². The monoisotopic (exact) mass is 323 g/mol. The number of hydrogen-bond donors (Lipinski definition) is 5. The first kappa shape index (κ1) is 15.9. The van der Waals surface area contributed by atoms with Gasteiger partial charge >= 0.3 is 5.63 Å². The van der Waals surface area contributed by atoms with Crippen molar-refractivity contribution in [2.75, 3.05) is 11.9 Å². The molecule has 5 atom stereocenters. The van der Waals surface area contributed by atoms with Gasteiger partial charge in [0.05, 0.1) is 0 Å². The quantitative estimate of drug-likeness (QED) is 0.455. The maximum absolute atomic E-state index is 11.2. The lowest BCUT2D eigenvalue weighted by molar-refractivity contribution is -0.278. The van der Waals surface area contributed by atoms with Crippen molar-refractivity contribution in [3.05, 3.63) is 40.8 Å². The van der Waals surface area contributed by atoms with E-state index >= 15 is 0 Å². The van der Waals surface area contributed by atoms with Gasteiger partial charge in [-0.25, -0.2) is 4.79 Å². The zero-order valence-corrected chi connectivity index (χ0v) is 12.0. The van der Waals surface area contributed by atoms with Crippen molar-refractivity contribution in [2.45, 2.75) is 30.7 Å². The number of anilines is 1.